The second kappa shape index (κ2) is 3.45. The van der Waals surface area contributed by atoms with E-state index in [9.17, 15) is 0 Å². The van der Waals surface area contributed by atoms with Gasteiger partial charge < -0.3 is 5.32 Å². The predicted octanol–water partition coefficient (Wildman–Crippen LogP) is -0.103. The Bertz CT molecular complexity index is 100. The molecule has 0 amide bonds. The highest BCUT2D eigenvalue weighted by Crippen LogP contribution is 1.96. The molecule has 0 fully saturated rings. The van der Waals surface area contributed by atoms with Crippen molar-refractivity contribution in [3.8, 4) is 0 Å². The van der Waals surface area contributed by atoms with Crippen molar-refractivity contribution in [3.05, 3.63) is 0 Å². The van der Waals surface area contributed by atoms with E-state index in [-0.39, 0.29) is 0 Å². The highest BCUT2D eigenvalue weighted by atomic mass is 15.5. The van der Waals surface area contributed by atoms with Crippen molar-refractivity contribution >= 4 is 6.21 Å². The van der Waals surface area contributed by atoms with Crippen molar-refractivity contribution in [2.45, 2.75) is 6.42 Å². The topological polar surface area (TPSA) is 27.6 Å². The molecule has 9 heavy (non-hydrogen) atoms. The van der Waals surface area contributed by atoms with Crippen LogP contribution >= 0.6 is 0 Å². The van der Waals surface area contributed by atoms with Gasteiger partial charge in [-0.2, -0.15) is 5.10 Å². The fourth-order valence-corrected chi connectivity index (χ4v) is 0.848. The lowest BCUT2D eigenvalue weighted by atomic mass is 10.5. The molecule has 0 unspecified atom stereocenters. The molecule has 0 saturated heterocycles. The highest BCUT2D eigenvalue weighted by molar-refractivity contribution is 5.58. The molecule has 0 radical (unpaired) electrons. The van der Waals surface area contributed by atoms with Crippen LogP contribution in [0.5, 0.6) is 0 Å². The molecule has 0 saturated carbocycles. The highest BCUT2D eigenvalue weighted by Gasteiger charge is 2.02. The lowest BCUT2D eigenvalue weighted by molar-refractivity contribution is 0.320. The van der Waals surface area contributed by atoms with E-state index in [1.807, 2.05) is 13.3 Å². The summed E-state index contributed by atoms with van der Waals surface area (Å²) in [5.74, 6) is 0. The van der Waals surface area contributed by atoms with Gasteiger partial charge in [0.1, 0.15) is 0 Å². The number of hydrogen-bond acceptors (Lipinski definition) is 3. The summed E-state index contributed by atoms with van der Waals surface area (Å²) in [5, 5.41) is 9.30. The lowest BCUT2D eigenvalue weighted by Gasteiger charge is -2.11. The average molecular weight is 127 g/mol. The van der Waals surface area contributed by atoms with E-state index in [1.54, 1.807) is 0 Å². The van der Waals surface area contributed by atoms with Gasteiger partial charge in [0.2, 0.25) is 0 Å². The minimum Gasteiger partial charge on any atom is -0.318 e. The molecule has 1 rings (SSSR count). The Hall–Kier alpha value is -0.570. The summed E-state index contributed by atoms with van der Waals surface area (Å²) in [4.78, 5) is 0. The zero-order valence-electron chi connectivity index (χ0n) is 5.80. The molecule has 0 aliphatic carbocycles. The van der Waals surface area contributed by atoms with Crippen LogP contribution in [0, 0.1) is 0 Å². The summed E-state index contributed by atoms with van der Waals surface area (Å²) in [7, 11) is 1.96. The molecule has 1 heterocycles. The Morgan fingerprint density at radius 3 is 3.22 bits per heavy atom. The molecule has 0 aromatic carbocycles. The van der Waals surface area contributed by atoms with E-state index < -0.39 is 0 Å². The van der Waals surface area contributed by atoms with Crippen molar-refractivity contribution < 1.29 is 0 Å². The minimum atomic E-state index is 1.03. The third-order valence-corrected chi connectivity index (χ3v) is 1.38. The van der Waals surface area contributed by atoms with Crippen LogP contribution in [-0.4, -0.2) is 37.9 Å². The number of nitrogens with zero attached hydrogens (tertiary/aromatic N) is 2. The molecule has 0 bridgehead atoms. The summed E-state index contributed by atoms with van der Waals surface area (Å²) in [6.07, 6.45) is 3.08. The molecule has 0 spiro atoms. The predicted molar refractivity (Wildman–Crippen MR) is 38.6 cm³/mol. The summed E-state index contributed by atoms with van der Waals surface area (Å²) in [6.45, 7) is 3.16. The molecular formula is C6H13N3. The van der Waals surface area contributed by atoms with Gasteiger partial charge in [-0.1, -0.05) is 0 Å². The normalized spacial score (nSPS) is 17.2. The van der Waals surface area contributed by atoms with Crippen molar-refractivity contribution in [2.24, 2.45) is 5.10 Å². The Balaban J connectivity index is 2.05. The average Bonchev–Trinajstić information content (AvgIpc) is 2.34. The van der Waals surface area contributed by atoms with Gasteiger partial charge in [0.25, 0.3) is 0 Å². The molecule has 0 atom stereocenters. The zero-order chi connectivity index (χ0) is 6.53. The first-order valence-corrected chi connectivity index (χ1v) is 3.35. The van der Waals surface area contributed by atoms with Crippen molar-refractivity contribution in [3.63, 3.8) is 0 Å². The molecule has 3 nitrogen and oxygen atoms in total. The SMILES string of the molecule is CNCCN1CCC=N1. The van der Waals surface area contributed by atoms with Gasteiger partial charge in [-0.3, -0.25) is 5.01 Å². The van der Waals surface area contributed by atoms with Crippen molar-refractivity contribution in [1.82, 2.24) is 10.3 Å². The van der Waals surface area contributed by atoms with E-state index >= 15 is 0 Å². The van der Waals surface area contributed by atoms with Crippen LogP contribution in [0.4, 0.5) is 0 Å². The minimum absolute atomic E-state index is 1.03. The summed E-state index contributed by atoms with van der Waals surface area (Å²) in [5.41, 5.74) is 0. The van der Waals surface area contributed by atoms with Crippen LogP contribution in [0.1, 0.15) is 6.42 Å². The van der Waals surface area contributed by atoms with E-state index in [4.69, 9.17) is 0 Å². The number of likely N-dealkylation sites (N-methyl/N-ethyl adjacent to an activating group) is 1. The maximum absolute atomic E-state index is 4.14. The second-order valence-corrected chi connectivity index (χ2v) is 2.14. The van der Waals surface area contributed by atoms with Gasteiger partial charge in [0.05, 0.1) is 0 Å². The Kier molecular flexibility index (Phi) is 2.51. The third kappa shape index (κ3) is 2.01. The number of rotatable bonds is 3. The van der Waals surface area contributed by atoms with E-state index in [1.165, 1.54) is 0 Å². The monoisotopic (exact) mass is 127 g/mol. The van der Waals surface area contributed by atoms with E-state index in [2.05, 4.69) is 15.4 Å². The first kappa shape index (κ1) is 6.55. The fraction of sp³-hybridized carbons (Fsp3) is 0.833. The van der Waals surface area contributed by atoms with Crippen LogP contribution in [0.3, 0.4) is 0 Å². The van der Waals surface area contributed by atoms with E-state index in [0.29, 0.717) is 0 Å². The smallest absolute Gasteiger partial charge is 0.0485 e. The largest absolute Gasteiger partial charge is 0.318 e. The van der Waals surface area contributed by atoms with Gasteiger partial charge in [-0.05, 0) is 7.05 Å². The quantitative estimate of drug-likeness (QED) is 0.573. The summed E-state index contributed by atoms with van der Waals surface area (Å²) in [6, 6.07) is 0. The van der Waals surface area contributed by atoms with Gasteiger partial charge in [-0.25, -0.2) is 0 Å². The second-order valence-electron chi connectivity index (χ2n) is 2.14. The molecule has 3 heteroatoms. The number of nitrogens with one attached hydrogen (secondary N) is 1. The Morgan fingerprint density at radius 2 is 2.67 bits per heavy atom. The van der Waals surface area contributed by atoms with Gasteiger partial charge in [0, 0.05) is 32.3 Å². The molecule has 52 valence electrons. The first-order valence-electron chi connectivity index (χ1n) is 3.35. The van der Waals surface area contributed by atoms with Crippen LogP contribution in [0.25, 0.3) is 0 Å². The Morgan fingerprint density at radius 1 is 1.78 bits per heavy atom. The fourth-order valence-electron chi connectivity index (χ4n) is 0.848. The molecular weight excluding hydrogens is 114 g/mol. The van der Waals surface area contributed by atoms with Crippen LogP contribution in [0.2, 0.25) is 0 Å². The maximum atomic E-state index is 4.14. The van der Waals surface area contributed by atoms with Crippen LogP contribution < -0.4 is 5.32 Å². The molecule has 1 N–H and O–H groups in total. The molecule has 1 aliphatic heterocycles. The first-order chi connectivity index (χ1) is 4.43. The van der Waals surface area contributed by atoms with Crippen LogP contribution in [-0.2, 0) is 0 Å². The Labute approximate surface area is 55.7 Å². The van der Waals surface area contributed by atoms with Gasteiger partial charge in [0.15, 0.2) is 0 Å². The summed E-state index contributed by atoms with van der Waals surface area (Å²) >= 11 is 0. The van der Waals surface area contributed by atoms with E-state index in [0.717, 1.165) is 26.1 Å². The van der Waals surface area contributed by atoms with Gasteiger partial charge in [-0.15, -0.1) is 0 Å². The standard InChI is InChI=1S/C6H13N3/c1-7-4-6-9-5-2-3-8-9/h3,7H,2,4-6H2,1H3. The van der Waals surface area contributed by atoms with Crippen molar-refractivity contribution in [1.29, 1.82) is 0 Å². The lowest BCUT2D eigenvalue weighted by Crippen LogP contribution is -2.24. The van der Waals surface area contributed by atoms with Gasteiger partial charge >= 0.3 is 0 Å². The number of hydrogen-bond donors (Lipinski definition) is 1. The van der Waals surface area contributed by atoms with Crippen molar-refractivity contribution in [2.75, 3.05) is 26.7 Å². The van der Waals surface area contributed by atoms with Crippen LogP contribution in [0.15, 0.2) is 5.10 Å². The maximum Gasteiger partial charge on any atom is 0.0485 e. The zero-order valence-corrected chi connectivity index (χ0v) is 5.80. The number of hydrazone groups is 1. The molecule has 0 aromatic heterocycles. The summed E-state index contributed by atoms with van der Waals surface area (Å²) < 4.78 is 0. The molecule has 0 aromatic rings. The third-order valence-electron chi connectivity index (χ3n) is 1.38. The molecule has 1 aliphatic rings.